The van der Waals surface area contributed by atoms with E-state index in [4.69, 9.17) is 20.8 Å². The minimum atomic E-state index is -0.728. The molecule has 0 aliphatic carbocycles. The number of fused-ring (bicyclic) bond motifs is 1. The van der Waals surface area contributed by atoms with Gasteiger partial charge in [-0.2, -0.15) is 0 Å². The van der Waals surface area contributed by atoms with Gasteiger partial charge in [-0.25, -0.2) is 4.79 Å². The van der Waals surface area contributed by atoms with Crippen LogP contribution in [0.15, 0.2) is 68.5 Å². The summed E-state index contributed by atoms with van der Waals surface area (Å²) >= 11 is 9.62. The standard InChI is InChI=1S/C23H15BrClNO4/c1-12-7-13(2)19-18(8-12)29-21(16-5-3-4-6-17(16)25)22(20(19)27)30-23(28)14-9-15(24)11-26-10-14/h3-11H,1-2H3. The highest BCUT2D eigenvalue weighted by Gasteiger charge is 2.24. The van der Waals surface area contributed by atoms with E-state index in [9.17, 15) is 9.59 Å². The van der Waals surface area contributed by atoms with Gasteiger partial charge in [0.25, 0.3) is 0 Å². The number of hydrogen-bond donors (Lipinski definition) is 0. The second-order valence-corrected chi connectivity index (χ2v) is 8.13. The third-order valence-corrected chi connectivity index (χ3v) is 5.31. The van der Waals surface area contributed by atoms with Crippen molar-refractivity contribution in [2.45, 2.75) is 13.8 Å². The maximum absolute atomic E-state index is 13.4. The summed E-state index contributed by atoms with van der Waals surface area (Å²) < 4.78 is 12.2. The van der Waals surface area contributed by atoms with Crippen molar-refractivity contribution in [3.63, 3.8) is 0 Å². The molecular weight excluding hydrogens is 470 g/mol. The third-order valence-electron chi connectivity index (χ3n) is 4.55. The Morgan fingerprint density at radius 3 is 2.63 bits per heavy atom. The van der Waals surface area contributed by atoms with Crippen molar-refractivity contribution in [1.82, 2.24) is 4.98 Å². The normalized spacial score (nSPS) is 10.9. The van der Waals surface area contributed by atoms with Gasteiger partial charge in [-0.1, -0.05) is 29.8 Å². The van der Waals surface area contributed by atoms with Crippen molar-refractivity contribution in [1.29, 1.82) is 0 Å². The van der Waals surface area contributed by atoms with Crippen molar-refractivity contribution in [2.75, 3.05) is 0 Å². The lowest BCUT2D eigenvalue weighted by molar-refractivity contribution is 0.0731. The van der Waals surface area contributed by atoms with E-state index in [1.807, 2.05) is 19.9 Å². The van der Waals surface area contributed by atoms with E-state index < -0.39 is 11.4 Å². The van der Waals surface area contributed by atoms with Gasteiger partial charge in [-0.3, -0.25) is 9.78 Å². The summed E-state index contributed by atoms with van der Waals surface area (Å²) in [6, 6.07) is 12.1. The number of carbonyl (C=O) groups is 1. The Morgan fingerprint density at radius 1 is 1.13 bits per heavy atom. The Kier molecular flexibility index (Phi) is 5.45. The van der Waals surface area contributed by atoms with E-state index in [0.29, 0.717) is 26.0 Å². The van der Waals surface area contributed by atoms with Gasteiger partial charge >= 0.3 is 5.97 Å². The summed E-state index contributed by atoms with van der Waals surface area (Å²) in [7, 11) is 0. The Hall–Kier alpha value is -2.96. The molecule has 5 nitrogen and oxygen atoms in total. The van der Waals surface area contributed by atoms with Gasteiger partial charge < -0.3 is 9.15 Å². The lowest BCUT2D eigenvalue weighted by Crippen LogP contribution is -2.17. The van der Waals surface area contributed by atoms with Crippen LogP contribution in [0, 0.1) is 13.8 Å². The van der Waals surface area contributed by atoms with Gasteiger partial charge in [0.05, 0.1) is 16.0 Å². The van der Waals surface area contributed by atoms with Crippen LogP contribution in [-0.4, -0.2) is 11.0 Å². The molecule has 2 aromatic carbocycles. The monoisotopic (exact) mass is 483 g/mol. The number of benzene rings is 2. The zero-order valence-electron chi connectivity index (χ0n) is 16.0. The lowest BCUT2D eigenvalue weighted by atomic mass is 10.0. The molecule has 0 spiro atoms. The largest absolute Gasteiger partial charge is 0.452 e. The molecule has 2 heterocycles. The summed E-state index contributed by atoms with van der Waals surface area (Å²) in [6.07, 6.45) is 2.90. The molecule has 0 saturated carbocycles. The lowest BCUT2D eigenvalue weighted by Gasteiger charge is -2.13. The first-order valence-corrected chi connectivity index (χ1v) is 10.2. The van der Waals surface area contributed by atoms with Gasteiger partial charge in [0.15, 0.2) is 5.76 Å². The molecule has 0 atom stereocenters. The van der Waals surface area contributed by atoms with E-state index in [2.05, 4.69) is 20.9 Å². The summed E-state index contributed by atoms with van der Waals surface area (Å²) in [5, 5.41) is 0.720. The average Bonchev–Trinajstić information content (AvgIpc) is 2.69. The fourth-order valence-corrected chi connectivity index (χ4v) is 3.85. The predicted octanol–water partition coefficient (Wildman–Crippen LogP) is 6.11. The molecule has 0 saturated heterocycles. The van der Waals surface area contributed by atoms with Crippen LogP contribution in [-0.2, 0) is 0 Å². The maximum atomic E-state index is 13.4. The van der Waals surface area contributed by atoms with Gasteiger partial charge in [0, 0.05) is 22.4 Å². The molecule has 30 heavy (non-hydrogen) atoms. The van der Waals surface area contributed by atoms with Crippen molar-refractivity contribution < 1.29 is 13.9 Å². The molecule has 0 N–H and O–H groups in total. The molecule has 2 aromatic heterocycles. The molecule has 4 aromatic rings. The van der Waals surface area contributed by atoms with Gasteiger partial charge in [0.1, 0.15) is 5.58 Å². The highest BCUT2D eigenvalue weighted by molar-refractivity contribution is 9.10. The van der Waals surface area contributed by atoms with Gasteiger partial charge in [-0.05, 0) is 65.2 Å². The number of halogens is 2. The molecule has 0 unspecified atom stereocenters. The quantitative estimate of drug-likeness (QED) is 0.328. The van der Waals surface area contributed by atoms with E-state index in [1.54, 1.807) is 42.6 Å². The summed E-state index contributed by atoms with van der Waals surface area (Å²) in [5.41, 5.74) is 2.27. The molecule has 4 rings (SSSR count). The highest BCUT2D eigenvalue weighted by atomic mass is 79.9. The Balaban J connectivity index is 1.98. The first-order chi connectivity index (χ1) is 14.3. The third kappa shape index (κ3) is 3.76. The molecule has 0 bridgehead atoms. The Bertz CT molecular complexity index is 1360. The smallest absolute Gasteiger partial charge is 0.345 e. The zero-order chi connectivity index (χ0) is 21.4. The number of ether oxygens (including phenoxy) is 1. The maximum Gasteiger partial charge on any atom is 0.345 e. The number of esters is 1. The Labute approximate surface area is 185 Å². The fourth-order valence-electron chi connectivity index (χ4n) is 3.26. The van der Waals surface area contributed by atoms with E-state index in [0.717, 1.165) is 11.1 Å². The van der Waals surface area contributed by atoms with Crippen LogP contribution in [0.1, 0.15) is 21.5 Å². The van der Waals surface area contributed by atoms with E-state index >= 15 is 0 Å². The first-order valence-electron chi connectivity index (χ1n) is 9.01. The molecular formula is C23H15BrClNO4. The molecule has 0 amide bonds. The first kappa shape index (κ1) is 20.3. The van der Waals surface area contributed by atoms with Crippen LogP contribution >= 0.6 is 27.5 Å². The molecule has 7 heteroatoms. The van der Waals surface area contributed by atoms with Crippen molar-refractivity contribution in [3.05, 3.63) is 91.3 Å². The number of carbonyl (C=O) groups excluding carboxylic acids is 1. The number of aryl methyl sites for hydroxylation is 2. The predicted molar refractivity (Wildman–Crippen MR) is 119 cm³/mol. The number of hydrogen-bond acceptors (Lipinski definition) is 5. The van der Waals surface area contributed by atoms with E-state index in [1.165, 1.54) is 6.20 Å². The summed E-state index contributed by atoms with van der Waals surface area (Å²) in [5.74, 6) is -0.847. The van der Waals surface area contributed by atoms with Crippen LogP contribution in [0.4, 0.5) is 0 Å². The number of aromatic nitrogens is 1. The SMILES string of the molecule is Cc1cc(C)c2c(=O)c(OC(=O)c3cncc(Br)c3)c(-c3ccccc3Cl)oc2c1. The van der Waals surface area contributed by atoms with Crippen molar-refractivity contribution >= 4 is 44.5 Å². The second-order valence-electron chi connectivity index (χ2n) is 6.81. The topological polar surface area (TPSA) is 69.4 Å². The average molecular weight is 485 g/mol. The summed E-state index contributed by atoms with van der Waals surface area (Å²) in [6.45, 7) is 3.72. The molecule has 0 radical (unpaired) electrons. The highest BCUT2D eigenvalue weighted by Crippen LogP contribution is 2.36. The molecule has 0 fully saturated rings. The van der Waals surface area contributed by atoms with Gasteiger partial charge in [-0.15, -0.1) is 0 Å². The van der Waals surface area contributed by atoms with Crippen LogP contribution in [0.5, 0.6) is 5.75 Å². The minimum absolute atomic E-state index is 0.0967. The van der Waals surface area contributed by atoms with Crippen molar-refractivity contribution in [3.8, 4) is 17.1 Å². The minimum Gasteiger partial charge on any atom is -0.452 e. The van der Waals surface area contributed by atoms with Crippen LogP contribution in [0.3, 0.4) is 0 Å². The zero-order valence-corrected chi connectivity index (χ0v) is 18.4. The number of pyridine rings is 1. The van der Waals surface area contributed by atoms with Crippen molar-refractivity contribution in [2.24, 2.45) is 0 Å². The van der Waals surface area contributed by atoms with Crippen LogP contribution in [0.2, 0.25) is 5.02 Å². The number of rotatable bonds is 3. The number of nitrogens with zero attached hydrogens (tertiary/aromatic N) is 1. The second kappa shape index (κ2) is 8.05. The molecule has 0 aliphatic rings. The van der Waals surface area contributed by atoms with Crippen LogP contribution < -0.4 is 10.2 Å². The Morgan fingerprint density at radius 2 is 1.90 bits per heavy atom. The van der Waals surface area contributed by atoms with Gasteiger partial charge in [0.2, 0.25) is 11.2 Å². The fraction of sp³-hybridized carbons (Fsp3) is 0.0870. The molecule has 150 valence electrons. The molecule has 0 aliphatic heterocycles. The van der Waals surface area contributed by atoms with E-state index in [-0.39, 0.29) is 17.1 Å². The van der Waals surface area contributed by atoms with Crippen LogP contribution in [0.25, 0.3) is 22.3 Å². The summed E-state index contributed by atoms with van der Waals surface area (Å²) in [4.78, 5) is 30.1.